The lowest BCUT2D eigenvalue weighted by molar-refractivity contribution is -0.142. The van der Waals surface area contributed by atoms with E-state index >= 15 is 0 Å². The first-order chi connectivity index (χ1) is 14.6. The minimum absolute atomic E-state index is 0. The van der Waals surface area contributed by atoms with Crippen LogP contribution in [0.25, 0.3) is 0 Å². The van der Waals surface area contributed by atoms with Gasteiger partial charge >= 0.3 is 0 Å². The van der Waals surface area contributed by atoms with Crippen molar-refractivity contribution in [1.82, 2.24) is 9.80 Å². The maximum Gasteiger partial charge on any atom is 0.229 e. The molecule has 6 nitrogen and oxygen atoms in total. The van der Waals surface area contributed by atoms with E-state index in [0.717, 1.165) is 57.5 Å². The number of halogens is 1. The van der Waals surface area contributed by atoms with Gasteiger partial charge in [-0.05, 0) is 49.1 Å². The smallest absolute Gasteiger partial charge is 0.229 e. The Kier molecular flexibility index (Phi) is 9.69. The number of imide groups is 1. The fourth-order valence-corrected chi connectivity index (χ4v) is 4.68. The second kappa shape index (κ2) is 12.0. The third-order valence-corrected chi connectivity index (χ3v) is 6.35. The Morgan fingerprint density at radius 1 is 0.969 bits per heavy atom. The van der Waals surface area contributed by atoms with Gasteiger partial charge in [0, 0.05) is 45.2 Å². The Balaban J connectivity index is 0.00000181. The van der Waals surface area contributed by atoms with Gasteiger partial charge in [0.15, 0.2) is 0 Å². The number of piperazine rings is 1. The summed E-state index contributed by atoms with van der Waals surface area (Å²) in [7, 11) is 0. The van der Waals surface area contributed by atoms with Crippen LogP contribution in [0.15, 0.2) is 54.6 Å². The molecule has 0 aliphatic carbocycles. The summed E-state index contributed by atoms with van der Waals surface area (Å²) in [6.07, 6.45) is 3.39. The van der Waals surface area contributed by atoms with E-state index in [9.17, 15) is 9.59 Å². The highest BCUT2D eigenvalue weighted by Crippen LogP contribution is 2.33. The average Bonchev–Trinajstić information content (AvgIpc) is 3.17. The maximum absolute atomic E-state index is 12.0. The first kappa shape index (κ1) is 25.8. The summed E-state index contributed by atoms with van der Waals surface area (Å²) in [6, 6.07) is 19.1. The zero-order chi connectivity index (χ0) is 20.9. The first-order valence-electron chi connectivity index (χ1n) is 11.1. The Hall–Kier alpha value is -2.41. The van der Waals surface area contributed by atoms with Crippen molar-refractivity contribution in [2.75, 3.05) is 37.6 Å². The number of carbonyl (C=O) groups is 2. The van der Waals surface area contributed by atoms with Gasteiger partial charge in [0.1, 0.15) is 0 Å². The molecule has 7 heteroatoms. The largest absolute Gasteiger partial charge is 0.412 e. The molecule has 2 fully saturated rings. The number of hydrogen-bond donors (Lipinski definition) is 0. The van der Waals surface area contributed by atoms with Crippen LogP contribution < -0.4 is 4.90 Å². The molecule has 0 saturated carbocycles. The molecule has 2 aliphatic heterocycles. The van der Waals surface area contributed by atoms with Crippen LogP contribution in [-0.2, 0) is 16.0 Å². The van der Waals surface area contributed by atoms with Gasteiger partial charge in [0.05, 0.1) is 6.04 Å². The van der Waals surface area contributed by atoms with E-state index in [1.807, 2.05) is 0 Å². The number of aryl methyl sites for hydroxylation is 1. The highest BCUT2D eigenvalue weighted by molar-refractivity contribution is 5.96. The van der Waals surface area contributed by atoms with Crippen molar-refractivity contribution in [3.63, 3.8) is 0 Å². The average molecular weight is 460 g/mol. The molecule has 174 valence electrons. The van der Waals surface area contributed by atoms with Crippen molar-refractivity contribution >= 4 is 29.9 Å². The standard InChI is InChI=1S/C25H31N3O2.ClH.H2O/c1-20(29)28-24(13-14-25(28)30)22-11-9-21(10-12-22)6-5-15-26-16-18-27(19-17-26)23-7-3-2-4-8-23;;/h2-4,7-12,24H,5-6,13-19H2,1H3;1H;1H2. The van der Waals surface area contributed by atoms with E-state index in [0.29, 0.717) is 6.42 Å². The topological polar surface area (TPSA) is 75.4 Å². The number of benzene rings is 2. The third-order valence-electron chi connectivity index (χ3n) is 6.35. The molecule has 2 aromatic rings. The van der Waals surface area contributed by atoms with Gasteiger partial charge in [0.2, 0.25) is 11.8 Å². The third kappa shape index (κ3) is 6.09. The molecule has 2 N–H and O–H groups in total. The summed E-state index contributed by atoms with van der Waals surface area (Å²) in [4.78, 5) is 30.2. The van der Waals surface area contributed by atoms with Crippen molar-refractivity contribution in [2.45, 2.75) is 38.6 Å². The van der Waals surface area contributed by atoms with Crippen LogP contribution in [0.1, 0.15) is 43.4 Å². The molecule has 0 bridgehead atoms. The summed E-state index contributed by atoms with van der Waals surface area (Å²) in [5.74, 6) is -0.206. The molecule has 0 radical (unpaired) electrons. The van der Waals surface area contributed by atoms with Crippen molar-refractivity contribution in [1.29, 1.82) is 0 Å². The normalized spacial score (nSPS) is 18.8. The number of carbonyl (C=O) groups excluding carboxylic acids is 2. The van der Waals surface area contributed by atoms with Crippen LogP contribution in [0.4, 0.5) is 5.69 Å². The van der Waals surface area contributed by atoms with Gasteiger partial charge in [-0.25, -0.2) is 0 Å². The molecule has 2 amide bonds. The van der Waals surface area contributed by atoms with Crippen LogP contribution in [0.5, 0.6) is 0 Å². The van der Waals surface area contributed by atoms with Crippen LogP contribution >= 0.6 is 12.4 Å². The highest BCUT2D eigenvalue weighted by atomic mass is 35.5. The second-order valence-electron chi connectivity index (χ2n) is 8.35. The molecule has 2 aliphatic rings. The molecule has 32 heavy (non-hydrogen) atoms. The van der Waals surface area contributed by atoms with E-state index in [2.05, 4.69) is 64.4 Å². The Morgan fingerprint density at radius 3 is 2.25 bits per heavy atom. The lowest BCUT2D eigenvalue weighted by atomic mass is 10.0. The maximum atomic E-state index is 12.0. The van der Waals surface area contributed by atoms with Gasteiger partial charge < -0.3 is 10.4 Å². The van der Waals surface area contributed by atoms with Gasteiger partial charge in [0.25, 0.3) is 0 Å². The highest BCUT2D eigenvalue weighted by Gasteiger charge is 2.34. The van der Waals surface area contributed by atoms with Crippen molar-refractivity contribution in [3.8, 4) is 0 Å². The summed E-state index contributed by atoms with van der Waals surface area (Å²) in [5, 5.41) is 0. The summed E-state index contributed by atoms with van der Waals surface area (Å²) >= 11 is 0. The van der Waals surface area contributed by atoms with Gasteiger partial charge in [-0.15, -0.1) is 12.4 Å². The Labute approximate surface area is 196 Å². The van der Waals surface area contributed by atoms with Crippen molar-refractivity contribution in [2.24, 2.45) is 0 Å². The number of nitrogens with zero attached hydrogens (tertiary/aromatic N) is 3. The minimum atomic E-state index is -0.154. The molecule has 2 saturated heterocycles. The molecular formula is C25H34ClN3O3. The predicted molar refractivity (Wildman–Crippen MR) is 130 cm³/mol. The molecule has 2 aromatic carbocycles. The fraction of sp³-hybridized carbons (Fsp3) is 0.440. The molecule has 0 aromatic heterocycles. The zero-order valence-corrected chi connectivity index (χ0v) is 19.5. The van der Waals surface area contributed by atoms with Gasteiger partial charge in [-0.1, -0.05) is 42.5 Å². The van der Waals surface area contributed by atoms with E-state index in [-0.39, 0.29) is 35.7 Å². The SMILES string of the molecule is CC(=O)N1C(=O)CCC1c1ccc(CCCN2CCN(c3ccccc3)CC2)cc1.Cl.O. The number of anilines is 1. The Bertz CT molecular complexity index is 868. The minimum Gasteiger partial charge on any atom is -0.412 e. The lowest BCUT2D eigenvalue weighted by Crippen LogP contribution is -2.46. The van der Waals surface area contributed by atoms with E-state index < -0.39 is 0 Å². The van der Waals surface area contributed by atoms with E-state index in [1.54, 1.807) is 0 Å². The van der Waals surface area contributed by atoms with E-state index in [4.69, 9.17) is 0 Å². The number of amides is 2. The molecule has 2 heterocycles. The van der Waals surface area contributed by atoms with E-state index in [1.165, 1.54) is 23.1 Å². The number of para-hydroxylation sites is 1. The monoisotopic (exact) mass is 459 g/mol. The van der Waals surface area contributed by atoms with Crippen LogP contribution in [0.3, 0.4) is 0 Å². The fourth-order valence-electron chi connectivity index (χ4n) is 4.68. The number of hydrogen-bond acceptors (Lipinski definition) is 4. The predicted octanol–water partition coefficient (Wildman–Crippen LogP) is 3.25. The molecular weight excluding hydrogens is 426 g/mol. The lowest BCUT2D eigenvalue weighted by Gasteiger charge is -2.36. The summed E-state index contributed by atoms with van der Waals surface area (Å²) < 4.78 is 0. The van der Waals surface area contributed by atoms with Crippen molar-refractivity contribution < 1.29 is 15.1 Å². The Morgan fingerprint density at radius 2 is 1.62 bits per heavy atom. The summed E-state index contributed by atoms with van der Waals surface area (Å²) in [5.41, 5.74) is 3.71. The van der Waals surface area contributed by atoms with Crippen LogP contribution in [0, 0.1) is 0 Å². The zero-order valence-electron chi connectivity index (χ0n) is 18.7. The number of rotatable bonds is 6. The molecule has 0 spiro atoms. The van der Waals surface area contributed by atoms with Crippen LogP contribution in [-0.4, -0.2) is 59.8 Å². The van der Waals surface area contributed by atoms with Gasteiger partial charge in [-0.2, -0.15) is 0 Å². The number of likely N-dealkylation sites (tertiary alicyclic amines) is 1. The molecule has 4 rings (SSSR count). The van der Waals surface area contributed by atoms with Crippen LogP contribution in [0.2, 0.25) is 0 Å². The molecule has 1 atom stereocenters. The van der Waals surface area contributed by atoms with Gasteiger partial charge in [-0.3, -0.25) is 19.4 Å². The first-order valence-corrected chi connectivity index (χ1v) is 11.1. The second-order valence-corrected chi connectivity index (χ2v) is 8.35. The molecule has 1 unspecified atom stereocenters. The summed E-state index contributed by atoms with van der Waals surface area (Å²) in [6.45, 7) is 7.01. The van der Waals surface area contributed by atoms with Crippen molar-refractivity contribution in [3.05, 3.63) is 65.7 Å². The quantitative estimate of drug-likeness (QED) is 0.664.